The molecule has 2 amide bonds. The van der Waals surface area contributed by atoms with E-state index in [0.717, 1.165) is 22.2 Å². The van der Waals surface area contributed by atoms with Crippen molar-refractivity contribution in [3.63, 3.8) is 0 Å². The molecule has 100 valence electrons. The summed E-state index contributed by atoms with van der Waals surface area (Å²) in [6, 6.07) is 11.2. The van der Waals surface area contributed by atoms with Crippen LogP contribution in [0.25, 0.3) is 6.08 Å². The van der Waals surface area contributed by atoms with Crippen molar-refractivity contribution in [1.29, 1.82) is 0 Å². The molecule has 0 aliphatic carbocycles. The van der Waals surface area contributed by atoms with E-state index in [2.05, 4.69) is 0 Å². The van der Waals surface area contributed by atoms with Crippen molar-refractivity contribution in [3.05, 3.63) is 57.1 Å². The molecule has 0 N–H and O–H groups in total. The first-order valence-corrected chi connectivity index (χ1v) is 7.73. The molecule has 2 aromatic rings. The average molecular weight is 301 g/mol. The van der Waals surface area contributed by atoms with E-state index in [1.807, 2.05) is 42.6 Å². The molecule has 1 aromatic carbocycles. The summed E-state index contributed by atoms with van der Waals surface area (Å²) in [5, 5.41) is 1.69. The van der Waals surface area contributed by atoms with Crippen LogP contribution < -0.4 is 4.90 Å². The molecule has 1 aliphatic heterocycles. The molecule has 2 heterocycles. The Morgan fingerprint density at radius 3 is 2.70 bits per heavy atom. The molecule has 1 saturated heterocycles. The monoisotopic (exact) mass is 301 g/mol. The van der Waals surface area contributed by atoms with Crippen LogP contribution in [0.5, 0.6) is 0 Å². The van der Waals surface area contributed by atoms with E-state index in [-0.39, 0.29) is 11.1 Å². The number of amides is 2. The molecule has 3 nitrogen and oxygen atoms in total. The van der Waals surface area contributed by atoms with Gasteiger partial charge < -0.3 is 0 Å². The third-order valence-corrected chi connectivity index (χ3v) is 4.56. The summed E-state index contributed by atoms with van der Waals surface area (Å²) in [6.45, 7) is 1.93. The molecule has 0 spiro atoms. The van der Waals surface area contributed by atoms with Crippen molar-refractivity contribution >= 4 is 46.0 Å². The topological polar surface area (TPSA) is 37.4 Å². The lowest BCUT2D eigenvalue weighted by Gasteiger charge is -2.12. The Bertz CT molecular complexity index is 704. The summed E-state index contributed by atoms with van der Waals surface area (Å²) in [5.74, 6) is -0.251. The summed E-state index contributed by atoms with van der Waals surface area (Å²) in [7, 11) is 0. The Hall–Kier alpha value is -1.85. The minimum absolute atomic E-state index is 0.247. The number of nitrogens with zero attached hydrogens (tertiary/aromatic N) is 1. The largest absolute Gasteiger partial charge is 0.298 e. The second-order valence-corrected chi connectivity index (χ2v) is 6.34. The molecule has 1 aliphatic rings. The lowest BCUT2D eigenvalue weighted by molar-refractivity contribution is -0.113. The number of thioether (sulfide) groups is 1. The first-order chi connectivity index (χ1) is 9.65. The van der Waals surface area contributed by atoms with E-state index in [0.29, 0.717) is 10.6 Å². The maximum absolute atomic E-state index is 12.4. The molecule has 1 aromatic heterocycles. The van der Waals surface area contributed by atoms with Gasteiger partial charge >= 0.3 is 0 Å². The van der Waals surface area contributed by atoms with Gasteiger partial charge in [0.1, 0.15) is 0 Å². The number of hydrogen-bond donors (Lipinski definition) is 0. The molecule has 0 radical (unpaired) electrons. The van der Waals surface area contributed by atoms with Crippen LogP contribution in [0.2, 0.25) is 0 Å². The second-order valence-electron chi connectivity index (χ2n) is 4.37. The molecule has 5 heteroatoms. The number of anilines is 1. The molecule has 0 atom stereocenters. The van der Waals surface area contributed by atoms with E-state index in [1.54, 1.807) is 23.5 Å². The van der Waals surface area contributed by atoms with Crippen LogP contribution in [0.4, 0.5) is 10.5 Å². The minimum atomic E-state index is -0.251. The highest BCUT2D eigenvalue weighted by atomic mass is 32.2. The van der Waals surface area contributed by atoms with E-state index in [4.69, 9.17) is 0 Å². The van der Waals surface area contributed by atoms with Crippen molar-refractivity contribution in [1.82, 2.24) is 0 Å². The summed E-state index contributed by atoms with van der Waals surface area (Å²) >= 11 is 2.53. The van der Waals surface area contributed by atoms with Gasteiger partial charge in [-0.05, 0) is 53.9 Å². The third kappa shape index (κ3) is 2.42. The maximum Gasteiger partial charge on any atom is 0.298 e. The lowest BCUT2D eigenvalue weighted by Crippen LogP contribution is -2.27. The third-order valence-electron chi connectivity index (χ3n) is 2.87. The SMILES string of the molecule is Cc1cccc(N2C(=O)S/C(=C/c3cccs3)C2=O)c1. The number of rotatable bonds is 2. The molecule has 0 unspecified atom stereocenters. The van der Waals surface area contributed by atoms with Crippen LogP contribution in [0.15, 0.2) is 46.7 Å². The maximum atomic E-state index is 12.4. The van der Waals surface area contributed by atoms with E-state index >= 15 is 0 Å². The smallest absolute Gasteiger partial charge is 0.268 e. The van der Waals surface area contributed by atoms with Gasteiger partial charge in [0.2, 0.25) is 0 Å². The van der Waals surface area contributed by atoms with Gasteiger partial charge in [-0.3, -0.25) is 9.59 Å². The van der Waals surface area contributed by atoms with Crippen molar-refractivity contribution in [2.45, 2.75) is 6.92 Å². The van der Waals surface area contributed by atoms with Crippen LogP contribution in [-0.4, -0.2) is 11.1 Å². The molecular formula is C15H11NO2S2. The van der Waals surface area contributed by atoms with Crippen LogP contribution in [0.1, 0.15) is 10.4 Å². The Balaban J connectivity index is 1.95. The van der Waals surface area contributed by atoms with Crippen molar-refractivity contribution in [3.8, 4) is 0 Å². The standard InChI is InChI=1S/C15H11NO2S2/c1-10-4-2-5-11(8-10)16-14(17)13(20-15(16)18)9-12-6-3-7-19-12/h2-9H,1H3/b13-9+. The van der Waals surface area contributed by atoms with Crippen molar-refractivity contribution < 1.29 is 9.59 Å². The predicted octanol–water partition coefficient (Wildman–Crippen LogP) is 4.30. The molecule has 0 saturated carbocycles. The number of carbonyl (C=O) groups is 2. The first-order valence-electron chi connectivity index (χ1n) is 6.03. The lowest BCUT2D eigenvalue weighted by atomic mass is 10.2. The van der Waals surface area contributed by atoms with Crippen molar-refractivity contribution in [2.24, 2.45) is 0 Å². The van der Waals surface area contributed by atoms with Gasteiger partial charge in [0, 0.05) is 4.88 Å². The fourth-order valence-electron chi connectivity index (χ4n) is 1.96. The number of thiophene rings is 1. The zero-order valence-electron chi connectivity index (χ0n) is 10.7. The van der Waals surface area contributed by atoms with Crippen molar-refractivity contribution in [2.75, 3.05) is 4.90 Å². The highest BCUT2D eigenvalue weighted by molar-refractivity contribution is 8.19. The number of benzene rings is 1. The Morgan fingerprint density at radius 2 is 2.00 bits per heavy atom. The summed E-state index contributed by atoms with van der Waals surface area (Å²) in [4.78, 5) is 27.1. The summed E-state index contributed by atoms with van der Waals surface area (Å²) < 4.78 is 0. The van der Waals surface area contributed by atoms with Gasteiger partial charge in [-0.25, -0.2) is 4.90 Å². The van der Waals surface area contributed by atoms with Crippen LogP contribution in [-0.2, 0) is 4.79 Å². The first kappa shape index (κ1) is 13.1. The normalized spacial score (nSPS) is 17.2. The molecular weight excluding hydrogens is 290 g/mol. The molecule has 1 fully saturated rings. The van der Waals surface area contributed by atoms with E-state index in [9.17, 15) is 9.59 Å². The van der Waals surface area contributed by atoms with Gasteiger partial charge in [0.05, 0.1) is 10.6 Å². The minimum Gasteiger partial charge on any atom is -0.268 e. The second kappa shape index (κ2) is 5.26. The molecule has 20 heavy (non-hydrogen) atoms. The Kier molecular flexibility index (Phi) is 3.46. The number of imide groups is 1. The molecule has 0 bridgehead atoms. The van der Waals surface area contributed by atoms with Gasteiger partial charge in [0.15, 0.2) is 0 Å². The Morgan fingerprint density at radius 1 is 1.15 bits per heavy atom. The zero-order chi connectivity index (χ0) is 14.1. The van der Waals surface area contributed by atoms with Gasteiger partial charge in [0.25, 0.3) is 11.1 Å². The number of hydrogen-bond acceptors (Lipinski definition) is 4. The summed E-state index contributed by atoms with van der Waals surface area (Å²) in [6.07, 6.45) is 1.77. The number of aryl methyl sites for hydroxylation is 1. The van der Waals surface area contributed by atoms with Crippen LogP contribution in [0, 0.1) is 6.92 Å². The highest BCUT2D eigenvalue weighted by Gasteiger charge is 2.36. The van der Waals surface area contributed by atoms with Crippen LogP contribution >= 0.6 is 23.1 Å². The predicted molar refractivity (Wildman–Crippen MR) is 83.9 cm³/mol. The highest BCUT2D eigenvalue weighted by Crippen LogP contribution is 2.36. The zero-order valence-corrected chi connectivity index (χ0v) is 12.3. The molecule has 3 rings (SSSR count). The fraction of sp³-hybridized carbons (Fsp3) is 0.0667. The van der Waals surface area contributed by atoms with E-state index < -0.39 is 0 Å². The van der Waals surface area contributed by atoms with Crippen LogP contribution in [0.3, 0.4) is 0 Å². The van der Waals surface area contributed by atoms with Gasteiger partial charge in [-0.15, -0.1) is 11.3 Å². The number of carbonyl (C=O) groups excluding carboxylic acids is 2. The average Bonchev–Trinajstić information content (AvgIpc) is 2.99. The quantitative estimate of drug-likeness (QED) is 0.776. The fourth-order valence-corrected chi connectivity index (χ4v) is 3.52. The van der Waals surface area contributed by atoms with Gasteiger partial charge in [-0.1, -0.05) is 18.2 Å². The summed E-state index contributed by atoms with van der Waals surface area (Å²) in [5.41, 5.74) is 1.64. The van der Waals surface area contributed by atoms with Gasteiger partial charge in [-0.2, -0.15) is 0 Å². The Labute approximate surface area is 124 Å². The van der Waals surface area contributed by atoms with E-state index in [1.165, 1.54) is 4.90 Å².